The van der Waals surface area contributed by atoms with Gasteiger partial charge in [0.1, 0.15) is 5.75 Å². The number of amides is 1. The number of ether oxygens (including phenoxy) is 1. The van der Waals surface area contributed by atoms with Crippen molar-refractivity contribution in [3.8, 4) is 16.9 Å². The Balaban J connectivity index is 1.71. The van der Waals surface area contributed by atoms with Crippen LogP contribution in [-0.2, 0) is 11.2 Å². The van der Waals surface area contributed by atoms with Gasteiger partial charge in [0, 0.05) is 11.9 Å². The van der Waals surface area contributed by atoms with Gasteiger partial charge in [-0.3, -0.25) is 9.69 Å². The number of aryl methyl sites for hydroxylation is 2. The van der Waals surface area contributed by atoms with Crippen LogP contribution in [0.5, 0.6) is 5.75 Å². The van der Waals surface area contributed by atoms with Gasteiger partial charge in [0.15, 0.2) is 5.13 Å². The first kappa shape index (κ1) is 18.1. The summed E-state index contributed by atoms with van der Waals surface area (Å²) in [6.45, 7) is 3.98. The molecule has 0 atom stereocenters. The molecule has 0 spiro atoms. The third kappa shape index (κ3) is 3.94. The number of likely N-dealkylation sites (N-methyl/N-ethyl adjacent to an activating group) is 1. The molecule has 0 aliphatic heterocycles. The summed E-state index contributed by atoms with van der Waals surface area (Å²) in [5.74, 6) is 0.866. The van der Waals surface area contributed by atoms with Crippen LogP contribution in [0.15, 0.2) is 48.5 Å². The van der Waals surface area contributed by atoms with Crippen molar-refractivity contribution in [2.75, 3.05) is 19.1 Å². The van der Waals surface area contributed by atoms with Crippen molar-refractivity contribution in [2.24, 2.45) is 0 Å². The van der Waals surface area contributed by atoms with Crippen molar-refractivity contribution in [3.63, 3.8) is 0 Å². The zero-order chi connectivity index (χ0) is 18.7. The number of benzene rings is 2. The van der Waals surface area contributed by atoms with Crippen molar-refractivity contribution >= 4 is 22.4 Å². The third-order valence-corrected chi connectivity index (χ3v) is 5.54. The predicted octanol–water partition coefficient (Wildman–Crippen LogP) is 4.64. The molecule has 1 aromatic heterocycles. The Morgan fingerprint density at radius 1 is 1.12 bits per heavy atom. The molecule has 134 valence electrons. The maximum absolute atomic E-state index is 12.5. The molecule has 0 aliphatic rings. The summed E-state index contributed by atoms with van der Waals surface area (Å²) in [6, 6.07) is 16.0. The van der Waals surface area contributed by atoms with Crippen LogP contribution in [-0.4, -0.2) is 25.0 Å². The highest BCUT2D eigenvalue weighted by molar-refractivity contribution is 7.15. The molecule has 2 aromatic carbocycles. The van der Waals surface area contributed by atoms with Gasteiger partial charge in [-0.25, -0.2) is 4.98 Å². The number of methoxy groups -OCH3 is 1. The standard InChI is InChI=1S/C21H22N2O2S/c1-14-15(2)26-21(22-14)23(3)20(24)12-16-8-10-17(11-9-16)18-6-5-7-19(13-18)25-4/h5-11,13H,12H2,1-4H3. The van der Waals surface area contributed by atoms with Gasteiger partial charge in [0.05, 0.1) is 19.2 Å². The summed E-state index contributed by atoms with van der Waals surface area (Å²) in [6.07, 6.45) is 0.354. The fourth-order valence-electron chi connectivity index (χ4n) is 2.62. The topological polar surface area (TPSA) is 42.4 Å². The van der Waals surface area contributed by atoms with E-state index in [9.17, 15) is 4.79 Å². The van der Waals surface area contributed by atoms with Crippen LogP contribution in [0, 0.1) is 13.8 Å². The second-order valence-electron chi connectivity index (χ2n) is 6.20. The molecule has 3 rings (SSSR count). The van der Waals surface area contributed by atoms with E-state index >= 15 is 0 Å². The molecule has 0 bridgehead atoms. The fourth-order valence-corrected chi connectivity index (χ4v) is 3.51. The molecule has 0 fully saturated rings. The largest absolute Gasteiger partial charge is 0.497 e. The molecule has 4 nitrogen and oxygen atoms in total. The number of rotatable bonds is 5. The van der Waals surface area contributed by atoms with E-state index in [2.05, 4.69) is 4.98 Å². The Morgan fingerprint density at radius 3 is 2.46 bits per heavy atom. The Labute approximate surface area is 158 Å². The number of hydrogen-bond acceptors (Lipinski definition) is 4. The van der Waals surface area contributed by atoms with Crippen LogP contribution in [0.2, 0.25) is 0 Å². The quantitative estimate of drug-likeness (QED) is 0.660. The highest BCUT2D eigenvalue weighted by atomic mass is 32.1. The number of anilines is 1. The number of thiazole rings is 1. The Kier molecular flexibility index (Phi) is 5.38. The molecule has 26 heavy (non-hydrogen) atoms. The molecule has 1 amide bonds. The van der Waals surface area contributed by atoms with Crippen molar-refractivity contribution in [2.45, 2.75) is 20.3 Å². The van der Waals surface area contributed by atoms with E-state index in [1.54, 1.807) is 30.4 Å². The van der Waals surface area contributed by atoms with Crippen molar-refractivity contribution in [1.82, 2.24) is 4.98 Å². The normalized spacial score (nSPS) is 10.6. The zero-order valence-corrected chi connectivity index (χ0v) is 16.3. The molecule has 3 aromatic rings. The number of nitrogens with zero attached hydrogens (tertiary/aromatic N) is 2. The zero-order valence-electron chi connectivity index (χ0n) is 15.4. The first-order valence-electron chi connectivity index (χ1n) is 8.42. The van der Waals surface area contributed by atoms with Crippen LogP contribution in [0.4, 0.5) is 5.13 Å². The SMILES string of the molecule is COc1cccc(-c2ccc(CC(=O)N(C)c3nc(C)c(C)s3)cc2)c1. The molecule has 0 unspecified atom stereocenters. The minimum atomic E-state index is 0.0351. The van der Waals surface area contributed by atoms with Gasteiger partial charge in [-0.2, -0.15) is 0 Å². The summed E-state index contributed by atoms with van der Waals surface area (Å²) < 4.78 is 5.28. The summed E-state index contributed by atoms with van der Waals surface area (Å²) in [5.41, 5.74) is 4.15. The summed E-state index contributed by atoms with van der Waals surface area (Å²) in [7, 11) is 3.44. The molecule has 0 saturated carbocycles. The van der Waals surface area contributed by atoms with Gasteiger partial charge >= 0.3 is 0 Å². The highest BCUT2D eigenvalue weighted by Gasteiger charge is 2.16. The number of carbonyl (C=O) groups excluding carboxylic acids is 1. The summed E-state index contributed by atoms with van der Waals surface area (Å²) in [5, 5.41) is 0.748. The maximum atomic E-state index is 12.5. The molecule has 0 saturated heterocycles. The van der Waals surface area contributed by atoms with E-state index in [0.29, 0.717) is 6.42 Å². The maximum Gasteiger partial charge on any atom is 0.232 e. The van der Waals surface area contributed by atoms with Gasteiger partial charge in [0.2, 0.25) is 5.91 Å². The minimum Gasteiger partial charge on any atom is -0.497 e. The van der Waals surface area contributed by atoms with E-state index in [4.69, 9.17) is 4.74 Å². The first-order valence-corrected chi connectivity index (χ1v) is 9.23. The van der Waals surface area contributed by atoms with E-state index < -0.39 is 0 Å². The second-order valence-corrected chi connectivity index (χ2v) is 7.38. The van der Waals surface area contributed by atoms with E-state index in [-0.39, 0.29) is 5.91 Å². The lowest BCUT2D eigenvalue weighted by Crippen LogP contribution is -2.27. The highest BCUT2D eigenvalue weighted by Crippen LogP contribution is 2.26. The van der Waals surface area contributed by atoms with Crippen LogP contribution >= 0.6 is 11.3 Å². The lowest BCUT2D eigenvalue weighted by Gasteiger charge is -2.14. The van der Waals surface area contributed by atoms with Crippen LogP contribution in [0.1, 0.15) is 16.1 Å². The van der Waals surface area contributed by atoms with Crippen molar-refractivity contribution in [1.29, 1.82) is 0 Å². The summed E-state index contributed by atoms with van der Waals surface area (Å²) in [4.78, 5) is 19.8. The number of aromatic nitrogens is 1. The van der Waals surface area contributed by atoms with Gasteiger partial charge in [-0.05, 0) is 42.7 Å². The molecule has 0 aliphatic carbocycles. The summed E-state index contributed by atoms with van der Waals surface area (Å²) >= 11 is 1.55. The third-order valence-electron chi connectivity index (χ3n) is 4.39. The first-order chi connectivity index (χ1) is 12.5. The smallest absolute Gasteiger partial charge is 0.232 e. The molecular formula is C21H22N2O2S. The average Bonchev–Trinajstić information content (AvgIpc) is 3.00. The van der Waals surface area contributed by atoms with Gasteiger partial charge in [-0.15, -0.1) is 11.3 Å². The number of carbonyl (C=O) groups is 1. The Morgan fingerprint density at radius 2 is 1.85 bits per heavy atom. The second kappa shape index (κ2) is 7.70. The minimum absolute atomic E-state index is 0.0351. The lowest BCUT2D eigenvalue weighted by atomic mass is 10.0. The van der Waals surface area contributed by atoms with Crippen molar-refractivity contribution in [3.05, 3.63) is 64.7 Å². The van der Waals surface area contributed by atoms with Crippen molar-refractivity contribution < 1.29 is 9.53 Å². The predicted molar refractivity (Wildman–Crippen MR) is 107 cm³/mol. The molecular weight excluding hydrogens is 344 g/mol. The van der Waals surface area contributed by atoms with Gasteiger partial charge in [0.25, 0.3) is 0 Å². The van der Waals surface area contributed by atoms with Gasteiger partial charge < -0.3 is 4.74 Å². The number of hydrogen-bond donors (Lipinski definition) is 0. The molecule has 0 radical (unpaired) electrons. The van der Waals surface area contributed by atoms with Crippen LogP contribution < -0.4 is 9.64 Å². The van der Waals surface area contributed by atoms with Gasteiger partial charge in [-0.1, -0.05) is 36.4 Å². The Hall–Kier alpha value is -2.66. The molecule has 1 heterocycles. The van der Waals surface area contributed by atoms with Crippen LogP contribution in [0.3, 0.4) is 0 Å². The van der Waals surface area contributed by atoms with E-state index in [0.717, 1.165) is 38.1 Å². The van der Waals surface area contributed by atoms with Crippen LogP contribution in [0.25, 0.3) is 11.1 Å². The Bertz CT molecular complexity index is 897. The monoisotopic (exact) mass is 366 g/mol. The van der Waals surface area contributed by atoms with E-state index in [1.165, 1.54) is 0 Å². The van der Waals surface area contributed by atoms with E-state index in [1.807, 2.05) is 62.4 Å². The average molecular weight is 366 g/mol. The lowest BCUT2D eigenvalue weighted by molar-refractivity contribution is -0.117. The molecule has 5 heteroatoms. The molecule has 0 N–H and O–H groups in total. The fraction of sp³-hybridized carbons (Fsp3) is 0.238.